The fourth-order valence-corrected chi connectivity index (χ4v) is 0.692. The van der Waals surface area contributed by atoms with Crippen molar-refractivity contribution >= 4 is 6.34 Å². The number of hydrogen-bond donors (Lipinski definition) is 3. The first-order valence-electron chi connectivity index (χ1n) is 3.31. The van der Waals surface area contributed by atoms with E-state index in [-0.39, 0.29) is 6.17 Å². The molecule has 0 aromatic heterocycles. The van der Waals surface area contributed by atoms with Crippen LogP contribution in [0.4, 0.5) is 0 Å². The standard InChI is InChI=1S/C7H15N3/c1-4-6(2)7(9-3)10-5-8/h4-5,7,9H,1-3H3,(H2,8,10)/b6-4+. The lowest BCUT2D eigenvalue weighted by atomic mass is 10.2. The van der Waals surface area contributed by atoms with Crippen molar-refractivity contribution in [3.8, 4) is 0 Å². The van der Waals surface area contributed by atoms with E-state index in [1.54, 1.807) is 0 Å². The second-order valence-corrected chi connectivity index (χ2v) is 2.07. The van der Waals surface area contributed by atoms with Gasteiger partial charge in [0.15, 0.2) is 0 Å². The van der Waals surface area contributed by atoms with Crippen LogP contribution in [0, 0.1) is 5.41 Å². The van der Waals surface area contributed by atoms with Crippen LogP contribution in [0.3, 0.4) is 0 Å². The van der Waals surface area contributed by atoms with Crippen LogP contribution in [0.1, 0.15) is 13.8 Å². The maximum atomic E-state index is 6.80. The van der Waals surface area contributed by atoms with Crippen molar-refractivity contribution in [1.29, 1.82) is 5.41 Å². The Balaban J connectivity index is 3.92. The fraction of sp³-hybridized carbons (Fsp3) is 0.571. The average molecular weight is 141 g/mol. The number of hydrogen-bond acceptors (Lipinski definition) is 2. The van der Waals surface area contributed by atoms with E-state index >= 15 is 0 Å². The molecule has 0 saturated heterocycles. The van der Waals surface area contributed by atoms with E-state index in [2.05, 4.69) is 10.6 Å². The first kappa shape index (κ1) is 9.17. The zero-order valence-corrected chi connectivity index (χ0v) is 6.73. The summed E-state index contributed by atoms with van der Waals surface area (Å²) in [4.78, 5) is 0. The molecule has 0 bridgehead atoms. The molecule has 0 aromatic carbocycles. The Kier molecular flexibility index (Phi) is 4.58. The zero-order valence-electron chi connectivity index (χ0n) is 6.73. The average Bonchev–Trinajstić information content (AvgIpc) is 1.99. The van der Waals surface area contributed by atoms with Crippen molar-refractivity contribution in [2.45, 2.75) is 20.0 Å². The van der Waals surface area contributed by atoms with Crippen molar-refractivity contribution in [3.05, 3.63) is 11.6 Å². The van der Waals surface area contributed by atoms with Crippen LogP contribution in [0.5, 0.6) is 0 Å². The minimum absolute atomic E-state index is 0.0995. The minimum Gasteiger partial charge on any atom is -0.358 e. The predicted molar refractivity (Wildman–Crippen MR) is 44.2 cm³/mol. The van der Waals surface area contributed by atoms with Gasteiger partial charge in [-0.3, -0.25) is 10.7 Å². The van der Waals surface area contributed by atoms with Crippen LogP contribution in [0.25, 0.3) is 0 Å². The van der Waals surface area contributed by atoms with Crippen LogP contribution in [-0.2, 0) is 0 Å². The molecule has 1 atom stereocenters. The summed E-state index contributed by atoms with van der Waals surface area (Å²) >= 11 is 0. The summed E-state index contributed by atoms with van der Waals surface area (Å²) in [6.07, 6.45) is 3.30. The molecule has 0 aliphatic carbocycles. The summed E-state index contributed by atoms with van der Waals surface area (Å²) in [7, 11) is 1.86. The van der Waals surface area contributed by atoms with Crippen LogP contribution in [0.15, 0.2) is 11.6 Å². The molecule has 1 unspecified atom stereocenters. The Morgan fingerprint density at radius 2 is 2.20 bits per heavy atom. The monoisotopic (exact) mass is 141 g/mol. The highest BCUT2D eigenvalue weighted by molar-refractivity contribution is 5.51. The lowest BCUT2D eigenvalue weighted by Gasteiger charge is -2.15. The van der Waals surface area contributed by atoms with E-state index in [1.807, 2.05) is 27.0 Å². The van der Waals surface area contributed by atoms with Crippen LogP contribution in [0.2, 0.25) is 0 Å². The van der Waals surface area contributed by atoms with Gasteiger partial charge in [-0.05, 0) is 26.5 Å². The molecule has 10 heavy (non-hydrogen) atoms. The van der Waals surface area contributed by atoms with E-state index in [0.29, 0.717) is 0 Å². The highest BCUT2D eigenvalue weighted by Crippen LogP contribution is 1.94. The van der Waals surface area contributed by atoms with Gasteiger partial charge in [0.2, 0.25) is 0 Å². The number of allylic oxidation sites excluding steroid dienone is 1. The molecule has 0 rings (SSSR count). The van der Waals surface area contributed by atoms with Crippen molar-refractivity contribution in [2.24, 2.45) is 0 Å². The molecule has 0 spiro atoms. The summed E-state index contributed by atoms with van der Waals surface area (Å²) in [6.45, 7) is 3.99. The summed E-state index contributed by atoms with van der Waals surface area (Å²) in [5.41, 5.74) is 1.19. The van der Waals surface area contributed by atoms with Gasteiger partial charge in [0, 0.05) is 0 Å². The molecule has 3 heteroatoms. The van der Waals surface area contributed by atoms with Crippen LogP contribution < -0.4 is 10.6 Å². The second-order valence-electron chi connectivity index (χ2n) is 2.07. The predicted octanol–water partition coefficient (Wildman–Crippen LogP) is 0.695. The highest BCUT2D eigenvalue weighted by Gasteiger charge is 2.01. The van der Waals surface area contributed by atoms with E-state index in [4.69, 9.17) is 5.41 Å². The molecule has 0 radical (unpaired) electrons. The summed E-state index contributed by atoms with van der Waals surface area (Å²) in [6, 6.07) is 0. The maximum Gasteiger partial charge on any atom is 0.0992 e. The van der Waals surface area contributed by atoms with E-state index in [0.717, 1.165) is 0 Å². The van der Waals surface area contributed by atoms with Crippen LogP contribution in [-0.4, -0.2) is 19.6 Å². The number of rotatable bonds is 4. The Hall–Kier alpha value is -0.830. The molecule has 0 saturated carbocycles. The highest BCUT2D eigenvalue weighted by atomic mass is 15.1. The third-order valence-electron chi connectivity index (χ3n) is 1.45. The van der Waals surface area contributed by atoms with E-state index in [1.165, 1.54) is 11.9 Å². The number of nitrogens with one attached hydrogen (secondary N) is 3. The van der Waals surface area contributed by atoms with Crippen molar-refractivity contribution in [2.75, 3.05) is 7.05 Å². The van der Waals surface area contributed by atoms with Gasteiger partial charge >= 0.3 is 0 Å². The first-order chi connectivity index (χ1) is 4.76. The molecule has 0 heterocycles. The number of likely N-dealkylation sites (N-methyl/N-ethyl adjacent to an activating group) is 1. The molecule has 0 aromatic rings. The quantitative estimate of drug-likeness (QED) is 0.233. The van der Waals surface area contributed by atoms with Gasteiger partial charge in [0.1, 0.15) is 0 Å². The lowest BCUT2D eigenvalue weighted by Crippen LogP contribution is -2.39. The largest absolute Gasteiger partial charge is 0.358 e. The maximum absolute atomic E-state index is 6.80. The van der Waals surface area contributed by atoms with Crippen LogP contribution >= 0.6 is 0 Å². The molecule has 3 nitrogen and oxygen atoms in total. The van der Waals surface area contributed by atoms with Crippen molar-refractivity contribution in [3.63, 3.8) is 0 Å². The van der Waals surface area contributed by atoms with Gasteiger partial charge in [-0.15, -0.1) is 0 Å². The van der Waals surface area contributed by atoms with Gasteiger partial charge in [-0.1, -0.05) is 6.08 Å². The molecule has 0 fully saturated rings. The zero-order chi connectivity index (χ0) is 7.98. The Morgan fingerprint density at radius 1 is 1.60 bits per heavy atom. The summed E-state index contributed by atoms with van der Waals surface area (Å²) in [5, 5.41) is 12.7. The molecular formula is C7H15N3. The first-order valence-corrected chi connectivity index (χ1v) is 3.31. The smallest absolute Gasteiger partial charge is 0.0992 e. The molecule has 3 N–H and O–H groups in total. The lowest BCUT2D eigenvalue weighted by molar-refractivity contribution is 0.605. The molecule has 0 aliphatic heterocycles. The third-order valence-corrected chi connectivity index (χ3v) is 1.45. The fourth-order valence-electron chi connectivity index (χ4n) is 0.692. The Labute approximate surface area is 62.0 Å². The molecular weight excluding hydrogens is 126 g/mol. The van der Waals surface area contributed by atoms with E-state index in [9.17, 15) is 0 Å². The van der Waals surface area contributed by atoms with E-state index < -0.39 is 0 Å². The Morgan fingerprint density at radius 3 is 2.50 bits per heavy atom. The summed E-state index contributed by atoms with van der Waals surface area (Å²) < 4.78 is 0. The molecule has 58 valence electrons. The van der Waals surface area contributed by atoms with Gasteiger partial charge in [0.25, 0.3) is 0 Å². The minimum atomic E-state index is 0.0995. The topological polar surface area (TPSA) is 47.9 Å². The van der Waals surface area contributed by atoms with Crippen molar-refractivity contribution < 1.29 is 0 Å². The SMILES string of the molecule is C/C=C(\C)C(NC)NC=N. The van der Waals surface area contributed by atoms with Gasteiger partial charge < -0.3 is 5.32 Å². The third kappa shape index (κ3) is 2.64. The Bertz CT molecular complexity index is 129. The normalized spacial score (nSPS) is 14.5. The van der Waals surface area contributed by atoms with Crippen molar-refractivity contribution in [1.82, 2.24) is 10.6 Å². The van der Waals surface area contributed by atoms with Gasteiger partial charge in [-0.2, -0.15) is 0 Å². The molecule has 0 aliphatic rings. The van der Waals surface area contributed by atoms with Gasteiger partial charge in [-0.25, -0.2) is 0 Å². The molecule has 0 amide bonds. The second kappa shape index (κ2) is 4.99. The summed E-state index contributed by atoms with van der Waals surface area (Å²) in [5.74, 6) is 0. The van der Waals surface area contributed by atoms with Gasteiger partial charge in [0.05, 0.1) is 12.5 Å².